The summed E-state index contributed by atoms with van der Waals surface area (Å²) in [5.74, 6) is -0.846. The van der Waals surface area contributed by atoms with Gasteiger partial charge >= 0.3 is 5.97 Å². The summed E-state index contributed by atoms with van der Waals surface area (Å²) in [6.45, 7) is 2.13. The van der Waals surface area contributed by atoms with Crippen molar-refractivity contribution < 1.29 is 14.7 Å². The van der Waals surface area contributed by atoms with Gasteiger partial charge in [0.2, 0.25) is 0 Å². The van der Waals surface area contributed by atoms with E-state index in [9.17, 15) is 9.59 Å². The smallest absolute Gasteiger partial charge is 0.303 e. The molecule has 0 aliphatic heterocycles. The molecule has 0 spiro atoms. The van der Waals surface area contributed by atoms with Gasteiger partial charge in [-0.25, -0.2) is 0 Å². The van der Waals surface area contributed by atoms with Crippen LogP contribution in [0.3, 0.4) is 0 Å². The number of allylic oxidation sites excluding steroid dienone is 1. The molecule has 2 rings (SSSR count). The van der Waals surface area contributed by atoms with Crippen LogP contribution in [0.2, 0.25) is 0 Å². The number of rotatable bonds is 7. The molecule has 3 nitrogen and oxygen atoms in total. The Morgan fingerprint density at radius 3 is 2.61 bits per heavy atom. The lowest BCUT2D eigenvalue weighted by Gasteiger charge is -2.15. The predicted octanol–water partition coefficient (Wildman–Crippen LogP) is 5.09. The highest BCUT2D eigenvalue weighted by molar-refractivity contribution is 9.10. The van der Waals surface area contributed by atoms with Crippen LogP contribution in [0.5, 0.6) is 0 Å². The standard InChI is InChI=1S/C19H23BrO3/c1-2-3-4-5-17-14(12-18(21)22)11-15(19(17)23)10-13-6-8-16(20)9-7-13/h6-10,14,17H,2-5,11-12H2,1H3,(H,21,22)/b15-10+. The summed E-state index contributed by atoms with van der Waals surface area (Å²) in [6.07, 6.45) is 6.58. The topological polar surface area (TPSA) is 54.4 Å². The van der Waals surface area contributed by atoms with E-state index in [2.05, 4.69) is 22.9 Å². The summed E-state index contributed by atoms with van der Waals surface area (Å²) in [5.41, 5.74) is 1.76. The number of carbonyl (C=O) groups excluding carboxylic acids is 1. The lowest BCUT2D eigenvalue weighted by Crippen LogP contribution is -2.18. The molecule has 0 amide bonds. The van der Waals surface area contributed by atoms with Gasteiger partial charge in [0, 0.05) is 16.8 Å². The Balaban J connectivity index is 2.16. The molecule has 0 bridgehead atoms. The minimum Gasteiger partial charge on any atom is -0.481 e. The van der Waals surface area contributed by atoms with Gasteiger partial charge in [0.15, 0.2) is 5.78 Å². The monoisotopic (exact) mass is 378 g/mol. The van der Waals surface area contributed by atoms with Crippen LogP contribution in [0.25, 0.3) is 6.08 Å². The first-order valence-corrected chi connectivity index (χ1v) is 9.02. The number of unbranched alkanes of at least 4 members (excludes halogenated alkanes) is 2. The lowest BCUT2D eigenvalue weighted by molar-refractivity contribution is -0.138. The number of carboxylic acids is 1. The average molecular weight is 379 g/mol. The number of carboxylic acid groups (broad SMARTS) is 1. The first-order chi connectivity index (χ1) is 11.0. The number of hydrogen-bond donors (Lipinski definition) is 1. The van der Waals surface area contributed by atoms with Gasteiger partial charge < -0.3 is 5.11 Å². The Morgan fingerprint density at radius 1 is 1.30 bits per heavy atom. The number of Topliss-reactive ketones (excluding diaryl/α,β-unsaturated/α-hetero) is 1. The normalized spacial score (nSPS) is 22.7. The molecule has 1 aromatic rings. The van der Waals surface area contributed by atoms with Gasteiger partial charge in [-0.2, -0.15) is 0 Å². The highest BCUT2D eigenvalue weighted by atomic mass is 79.9. The van der Waals surface area contributed by atoms with E-state index in [1.165, 1.54) is 0 Å². The van der Waals surface area contributed by atoms with Crippen LogP contribution in [-0.2, 0) is 9.59 Å². The Hall–Kier alpha value is -1.42. The highest BCUT2D eigenvalue weighted by Gasteiger charge is 2.38. The largest absolute Gasteiger partial charge is 0.481 e. The van der Waals surface area contributed by atoms with Gasteiger partial charge in [0.1, 0.15) is 0 Å². The number of halogens is 1. The average Bonchev–Trinajstić information content (AvgIpc) is 2.78. The Kier molecular flexibility index (Phi) is 6.58. The van der Waals surface area contributed by atoms with Crippen molar-refractivity contribution in [1.29, 1.82) is 0 Å². The summed E-state index contributed by atoms with van der Waals surface area (Å²) in [4.78, 5) is 23.8. The molecule has 1 aliphatic rings. The van der Waals surface area contributed by atoms with E-state index in [-0.39, 0.29) is 24.0 Å². The van der Waals surface area contributed by atoms with E-state index in [1.807, 2.05) is 30.3 Å². The quantitative estimate of drug-likeness (QED) is 0.530. The molecule has 0 radical (unpaired) electrons. The van der Waals surface area contributed by atoms with Gasteiger partial charge in [0.05, 0.1) is 0 Å². The van der Waals surface area contributed by atoms with E-state index in [0.29, 0.717) is 6.42 Å². The van der Waals surface area contributed by atoms with Crippen LogP contribution in [0.1, 0.15) is 51.0 Å². The number of hydrogen-bond acceptors (Lipinski definition) is 2. The van der Waals surface area contributed by atoms with Crippen molar-refractivity contribution in [1.82, 2.24) is 0 Å². The van der Waals surface area contributed by atoms with Gasteiger partial charge in [-0.15, -0.1) is 0 Å². The first-order valence-electron chi connectivity index (χ1n) is 8.23. The first kappa shape index (κ1) is 17.9. The van der Waals surface area contributed by atoms with Gasteiger partial charge in [-0.3, -0.25) is 9.59 Å². The fourth-order valence-electron chi connectivity index (χ4n) is 3.29. The van der Waals surface area contributed by atoms with Gasteiger partial charge in [-0.05, 0) is 48.1 Å². The van der Waals surface area contributed by atoms with Crippen LogP contribution in [0, 0.1) is 11.8 Å². The Labute approximate surface area is 145 Å². The maximum absolute atomic E-state index is 12.7. The lowest BCUT2D eigenvalue weighted by atomic mass is 9.88. The van der Waals surface area contributed by atoms with Crippen molar-refractivity contribution >= 4 is 33.8 Å². The van der Waals surface area contributed by atoms with E-state index < -0.39 is 5.97 Å². The van der Waals surface area contributed by atoms with Crippen molar-refractivity contribution in [2.75, 3.05) is 0 Å². The number of benzene rings is 1. The second kappa shape index (κ2) is 8.44. The fraction of sp³-hybridized carbons (Fsp3) is 0.474. The van der Waals surface area contributed by atoms with Crippen molar-refractivity contribution in [3.63, 3.8) is 0 Å². The zero-order valence-electron chi connectivity index (χ0n) is 13.4. The maximum atomic E-state index is 12.7. The molecular weight excluding hydrogens is 356 g/mol. The summed E-state index contributed by atoms with van der Waals surface area (Å²) in [5, 5.41) is 9.12. The van der Waals surface area contributed by atoms with Crippen molar-refractivity contribution in [2.24, 2.45) is 11.8 Å². The molecular formula is C19H23BrO3. The van der Waals surface area contributed by atoms with Crippen LogP contribution in [-0.4, -0.2) is 16.9 Å². The fourth-order valence-corrected chi connectivity index (χ4v) is 3.55. The van der Waals surface area contributed by atoms with Crippen molar-refractivity contribution in [3.05, 3.63) is 39.9 Å². The predicted molar refractivity (Wildman–Crippen MR) is 95.1 cm³/mol. The second-order valence-electron chi connectivity index (χ2n) is 6.25. The van der Waals surface area contributed by atoms with Gasteiger partial charge in [-0.1, -0.05) is 54.2 Å². The number of aliphatic carboxylic acids is 1. The van der Waals surface area contributed by atoms with Crippen LogP contribution < -0.4 is 0 Å². The Morgan fingerprint density at radius 2 is 2.00 bits per heavy atom. The summed E-state index contributed by atoms with van der Waals surface area (Å²) in [6, 6.07) is 7.81. The molecule has 1 fully saturated rings. The maximum Gasteiger partial charge on any atom is 0.303 e. The highest BCUT2D eigenvalue weighted by Crippen LogP contribution is 2.39. The molecule has 1 N–H and O–H groups in total. The minimum absolute atomic E-state index is 0.0569. The van der Waals surface area contributed by atoms with Gasteiger partial charge in [0.25, 0.3) is 0 Å². The van der Waals surface area contributed by atoms with E-state index >= 15 is 0 Å². The molecule has 0 heterocycles. The van der Waals surface area contributed by atoms with Crippen LogP contribution >= 0.6 is 15.9 Å². The number of carbonyl (C=O) groups is 2. The molecule has 124 valence electrons. The summed E-state index contributed by atoms with van der Waals surface area (Å²) in [7, 11) is 0. The SMILES string of the molecule is CCCCCC1C(=O)/C(=C/c2ccc(Br)cc2)CC1CC(=O)O. The molecule has 2 unspecified atom stereocenters. The third kappa shape index (κ3) is 5.03. The molecule has 1 aliphatic carbocycles. The van der Waals surface area contributed by atoms with E-state index in [1.54, 1.807) is 0 Å². The van der Waals surface area contributed by atoms with Crippen molar-refractivity contribution in [2.45, 2.75) is 45.4 Å². The third-order valence-electron chi connectivity index (χ3n) is 4.47. The molecule has 0 saturated heterocycles. The third-order valence-corrected chi connectivity index (χ3v) is 5.00. The zero-order chi connectivity index (χ0) is 16.8. The number of ketones is 1. The molecule has 1 aromatic carbocycles. The Bertz CT molecular complexity index is 589. The van der Waals surface area contributed by atoms with Crippen LogP contribution in [0.15, 0.2) is 34.3 Å². The summed E-state index contributed by atoms with van der Waals surface area (Å²) < 4.78 is 0.999. The molecule has 2 atom stereocenters. The molecule has 4 heteroatoms. The minimum atomic E-state index is -0.812. The van der Waals surface area contributed by atoms with E-state index in [4.69, 9.17) is 5.11 Å². The van der Waals surface area contributed by atoms with E-state index in [0.717, 1.165) is 41.3 Å². The van der Waals surface area contributed by atoms with Crippen LogP contribution in [0.4, 0.5) is 0 Å². The summed E-state index contributed by atoms with van der Waals surface area (Å²) >= 11 is 3.40. The molecule has 0 aromatic heterocycles. The molecule has 1 saturated carbocycles. The molecule has 23 heavy (non-hydrogen) atoms. The van der Waals surface area contributed by atoms with Crippen molar-refractivity contribution in [3.8, 4) is 0 Å². The zero-order valence-corrected chi connectivity index (χ0v) is 15.0. The second-order valence-corrected chi connectivity index (χ2v) is 7.17.